The Balaban J connectivity index is 1.87. The van der Waals surface area contributed by atoms with E-state index in [1.54, 1.807) is 31.4 Å². The number of sulfonamides is 1. The molecule has 2 aromatic rings. The number of benzene rings is 2. The van der Waals surface area contributed by atoms with Crippen molar-refractivity contribution in [2.75, 3.05) is 25.5 Å². The number of hydrogen-bond acceptors (Lipinski definition) is 4. The van der Waals surface area contributed by atoms with Crippen molar-refractivity contribution in [2.24, 2.45) is 5.92 Å². The van der Waals surface area contributed by atoms with Crippen molar-refractivity contribution < 1.29 is 17.9 Å². The van der Waals surface area contributed by atoms with E-state index in [9.17, 15) is 13.2 Å². The first-order chi connectivity index (χ1) is 13.3. The fourth-order valence-electron chi connectivity index (χ4n) is 3.25. The highest BCUT2D eigenvalue weighted by Gasteiger charge is 2.30. The number of amides is 1. The van der Waals surface area contributed by atoms with Gasteiger partial charge in [0.05, 0.1) is 12.1 Å². The van der Waals surface area contributed by atoms with Crippen LogP contribution in [0.5, 0.6) is 5.75 Å². The van der Waals surface area contributed by atoms with E-state index in [1.807, 2.05) is 6.92 Å². The average molecular weight is 423 g/mol. The van der Waals surface area contributed by atoms with Gasteiger partial charge < -0.3 is 10.1 Å². The van der Waals surface area contributed by atoms with Crippen LogP contribution in [0.1, 0.15) is 30.1 Å². The van der Waals surface area contributed by atoms with Gasteiger partial charge in [0, 0.05) is 30.4 Å². The van der Waals surface area contributed by atoms with Crippen LogP contribution in [0.2, 0.25) is 5.02 Å². The molecule has 1 amide bonds. The van der Waals surface area contributed by atoms with Crippen LogP contribution in [0.4, 0.5) is 5.69 Å². The molecule has 1 heterocycles. The van der Waals surface area contributed by atoms with Crippen molar-refractivity contribution in [3.05, 3.63) is 53.1 Å². The maximum atomic E-state index is 13.1. The molecule has 0 aromatic heterocycles. The van der Waals surface area contributed by atoms with Crippen LogP contribution >= 0.6 is 11.6 Å². The molecule has 1 N–H and O–H groups in total. The lowest BCUT2D eigenvalue weighted by Crippen LogP contribution is -2.39. The zero-order valence-electron chi connectivity index (χ0n) is 15.8. The van der Waals surface area contributed by atoms with Gasteiger partial charge in [-0.2, -0.15) is 4.31 Å². The van der Waals surface area contributed by atoms with Crippen LogP contribution in [0.3, 0.4) is 0 Å². The fraction of sp³-hybridized carbons (Fsp3) is 0.350. The summed E-state index contributed by atoms with van der Waals surface area (Å²) < 4.78 is 32.7. The van der Waals surface area contributed by atoms with Gasteiger partial charge in [0.15, 0.2) is 0 Å². The predicted molar refractivity (Wildman–Crippen MR) is 110 cm³/mol. The van der Waals surface area contributed by atoms with E-state index in [4.69, 9.17) is 16.3 Å². The molecular weight excluding hydrogens is 400 g/mol. The molecule has 28 heavy (non-hydrogen) atoms. The average Bonchev–Trinajstić information content (AvgIpc) is 2.68. The molecule has 3 rings (SSSR count). The Morgan fingerprint density at radius 2 is 2.04 bits per heavy atom. The zero-order chi connectivity index (χ0) is 20.3. The van der Waals surface area contributed by atoms with E-state index in [0.717, 1.165) is 12.8 Å². The van der Waals surface area contributed by atoms with E-state index in [2.05, 4.69) is 5.32 Å². The van der Waals surface area contributed by atoms with Gasteiger partial charge in [-0.1, -0.05) is 24.6 Å². The summed E-state index contributed by atoms with van der Waals surface area (Å²) in [7, 11) is -2.22. The Morgan fingerprint density at radius 1 is 1.25 bits per heavy atom. The van der Waals surface area contributed by atoms with Crippen molar-refractivity contribution in [3.8, 4) is 5.75 Å². The minimum absolute atomic E-state index is 0.0402. The van der Waals surface area contributed by atoms with Crippen LogP contribution in [0, 0.1) is 5.92 Å². The quantitative estimate of drug-likeness (QED) is 0.789. The van der Waals surface area contributed by atoms with Gasteiger partial charge in [0.2, 0.25) is 10.0 Å². The first kappa shape index (κ1) is 20.6. The van der Waals surface area contributed by atoms with Crippen molar-refractivity contribution >= 4 is 33.2 Å². The summed E-state index contributed by atoms with van der Waals surface area (Å²) in [5.74, 6) is 0.478. The van der Waals surface area contributed by atoms with Gasteiger partial charge in [-0.15, -0.1) is 0 Å². The normalized spacial score (nSPS) is 17.9. The maximum Gasteiger partial charge on any atom is 0.255 e. The lowest BCUT2D eigenvalue weighted by Gasteiger charge is -2.30. The fourth-order valence-corrected chi connectivity index (χ4v) is 5.35. The molecule has 1 aliphatic rings. The predicted octanol–water partition coefficient (Wildman–Crippen LogP) is 4.02. The Kier molecular flexibility index (Phi) is 6.27. The van der Waals surface area contributed by atoms with Gasteiger partial charge in [0.1, 0.15) is 10.6 Å². The molecular formula is C20H23ClN2O4S. The molecule has 8 heteroatoms. The first-order valence-electron chi connectivity index (χ1n) is 9.06. The Bertz CT molecular complexity index is 978. The summed E-state index contributed by atoms with van der Waals surface area (Å²) in [6.45, 7) is 2.95. The molecule has 1 fully saturated rings. The second-order valence-corrected chi connectivity index (χ2v) is 9.26. The summed E-state index contributed by atoms with van der Waals surface area (Å²) in [5, 5.41) is 2.85. The van der Waals surface area contributed by atoms with Crippen LogP contribution in [0.15, 0.2) is 47.4 Å². The first-order valence-corrected chi connectivity index (χ1v) is 10.9. The largest absolute Gasteiger partial charge is 0.497 e. The third-order valence-corrected chi connectivity index (χ3v) is 7.11. The molecule has 0 spiro atoms. The van der Waals surface area contributed by atoms with Crippen LogP contribution in [0.25, 0.3) is 0 Å². The highest BCUT2D eigenvalue weighted by atomic mass is 35.5. The van der Waals surface area contributed by atoms with Crippen molar-refractivity contribution in [1.82, 2.24) is 4.31 Å². The van der Waals surface area contributed by atoms with Crippen LogP contribution in [-0.4, -0.2) is 38.8 Å². The summed E-state index contributed by atoms with van der Waals surface area (Å²) >= 11 is 6.19. The Hall–Kier alpha value is -2.09. The number of ether oxygens (including phenoxy) is 1. The van der Waals surface area contributed by atoms with E-state index < -0.39 is 15.9 Å². The number of anilines is 1. The van der Waals surface area contributed by atoms with Gasteiger partial charge in [-0.05, 0) is 49.1 Å². The van der Waals surface area contributed by atoms with Crippen molar-refractivity contribution in [1.29, 1.82) is 0 Å². The zero-order valence-corrected chi connectivity index (χ0v) is 17.4. The molecule has 2 aromatic carbocycles. The third kappa shape index (κ3) is 4.48. The number of carbonyl (C=O) groups is 1. The number of nitrogens with one attached hydrogen (secondary N) is 1. The Labute approximate surface area is 170 Å². The summed E-state index contributed by atoms with van der Waals surface area (Å²) in [6, 6.07) is 11.2. The molecule has 0 unspecified atom stereocenters. The minimum Gasteiger partial charge on any atom is -0.497 e. The minimum atomic E-state index is -3.76. The van der Waals surface area contributed by atoms with Gasteiger partial charge in [-0.25, -0.2) is 8.42 Å². The number of carbonyl (C=O) groups excluding carboxylic acids is 1. The van der Waals surface area contributed by atoms with Gasteiger partial charge in [-0.3, -0.25) is 4.79 Å². The number of methoxy groups -OCH3 is 1. The Morgan fingerprint density at radius 3 is 2.75 bits per heavy atom. The second-order valence-electron chi connectivity index (χ2n) is 6.94. The number of nitrogens with zero attached hydrogens (tertiary/aromatic N) is 1. The van der Waals surface area contributed by atoms with Crippen molar-refractivity contribution in [2.45, 2.75) is 24.7 Å². The highest BCUT2D eigenvalue weighted by molar-refractivity contribution is 7.89. The van der Waals surface area contributed by atoms with Crippen molar-refractivity contribution in [3.63, 3.8) is 0 Å². The lowest BCUT2D eigenvalue weighted by molar-refractivity contribution is 0.102. The standard InChI is InChI=1S/C20H23ClN2O4S/c1-14-5-4-10-23(13-14)28(25,26)19-11-15(8-9-18(19)21)20(24)22-16-6-3-7-17(12-16)27-2/h3,6-9,11-12,14H,4-5,10,13H2,1-2H3,(H,22,24)/t14-/m0/s1. The van der Waals surface area contributed by atoms with E-state index in [1.165, 1.54) is 22.5 Å². The summed E-state index contributed by atoms with van der Waals surface area (Å²) in [6.07, 6.45) is 1.82. The van der Waals surface area contributed by atoms with Crippen LogP contribution < -0.4 is 10.1 Å². The lowest BCUT2D eigenvalue weighted by atomic mass is 10.0. The highest BCUT2D eigenvalue weighted by Crippen LogP contribution is 2.29. The van der Waals surface area contributed by atoms with Gasteiger partial charge >= 0.3 is 0 Å². The smallest absolute Gasteiger partial charge is 0.255 e. The number of hydrogen-bond donors (Lipinski definition) is 1. The molecule has 0 saturated carbocycles. The van der Waals surface area contributed by atoms with E-state index in [-0.39, 0.29) is 15.5 Å². The second kappa shape index (κ2) is 8.51. The molecule has 0 bridgehead atoms. The molecule has 6 nitrogen and oxygen atoms in total. The number of halogens is 1. The summed E-state index contributed by atoms with van der Waals surface area (Å²) in [4.78, 5) is 12.6. The molecule has 1 atom stereocenters. The molecule has 0 radical (unpaired) electrons. The van der Waals surface area contributed by atoms with E-state index >= 15 is 0 Å². The van der Waals surface area contributed by atoms with Gasteiger partial charge in [0.25, 0.3) is 5.91 Å². The SMILES string of the molecule is COc1cccc(NC(=O)c2ccc(Cl)c(S(=O)(=O)N3CCC[C@H](C)C3)c2)c1. The van der Waals surface area contributed by atoms with E-state index in [0.29, 0.717) is 30.4 Å². The number of piperidine rings is 1. The number of rotatable bonds is 5. The maximum absolute atomic E-state index is 13.1. The third-order valence-electron chi connectivity index (χ3n) is 4.76. The molecule has 0 aliphatic carbocycles. The molecule has 1 saturated heterocycles. The monoisotopic (exact) mass is 422 g/mol. The molecule has 1 aliphatic heterocycles. The topological polar surface area (TPSA) is 75.7 Å². The summed E-state index contributed by atoms with van der Waals surface area (Å²) in [5.41, 5.74) is 0.768. The molecule has 150 valence electrons. The van der Waals surface area contributed by atoms with Crippen LogP contribution in [-0.2, 0) is 10.0 Å².